The number of hydrogen-bond donors (Lipinski definition) is 0. The molecule has 12 nitrogen and oxygen atoms in total. The second-order valence-electron chi connectivity index (χ2n) is 8.00. The van der Waals surface area contributed by atoms with Crippen molar-refractivity contribution in [2.45, 2.75) is 6.42 Å². The normalized spacial score (nSPS) is 11.1. The van der Waals surface area contributed by atoms with Crippen molar-refractivity contribution in [1.29, 1.82) is 0 Å². The third-order valence-corrected chi connectivity index (χ3v) is 4.89. The Hall–Kier alpha value is -1.87. The standard InChI is InChI=1S/C28H48O12/c1-30-28(29)7-8-31-9-10-32-11-12-33-13-14-34-15-16-35-17-18-36-19-20-37-21-22-38-23-24-39-25-26-40-27-5-3-2-4-6-27/h2-6H,7-26H2,1H3. The number of para-hydroxylation sites is 1. The summed E-state index contributed by atoms with van der Waals surface area (Å²) >= 11 is 0. The summed E-state index contributed by atoms with van der Waals surface area (Å²) in [7, 11) is 1.35. The molecule has 0 aliphatic carbocycles. The molecule has 0 saturated heterocycles. The van der Waals surface area contributed by atoms with E-state index >= 15 is 0 Å². The maximum atomic E-state index is 10.9. The highest BCUT2D eigenvalue weighted by atomic mass is 16.6. The number of carbonyl (C=O) groups excluding carboxylic acids is 1. The third kappa shape index (κ3) is 26.4. The lowest BCUT2D eigenvalue weighted by Crippen LogP contribution is -2.15. The van der Waals surface area contributed by atoms with Crippen LogP contribution in [0.25, 0.3) is 0 Å². The van der Waals surface area contributed by atoms with Gasteiger partial charge in [-0.15, -0.1) is 0 Å². The molecule has 0 bridgehead atoms. The molecule has 0 unspecified atom stereocenters. The topological polar surface area (TPSA) is 119 Å². The largest absolute Gasteiger partial charge is 0.491 e. The van der Waals surface area contributed by atoms with Crippen molar-refractivity contribution in [3.63, 3.8) is 0 Å². The SMILES string of the molecule is COC(=O)CCOCCOCCOCCOCCOCCOCCOCCOCCOCCOc1ccccc1. The van der Waals surface area contributed by atoms with Crippen molar-refractivity contribution in [2.24, 2.45) is 0 Å². The number of methoxy groups -OCH3 is 1. The first-order chi connectivity index (χ1) is 19.8. The lowest BCUT2D eigenvalue weighted by Gasteiger charge is -2.09. The molecule has 1 aromatic rings. The Balaban J connectivity index is 1.63. The van der Waals surface area contributed by atoms with Gasteiger partial charge in [-0.2, -0.15) is 0 Å². The fourth-order valence-corrected chi connectivity index (χ4v) is 2.85. The Bertz CT molecular complexity index is 649. The van der Waals surface area contributed by atoms with Crippen LogP contribution in [0.15, 0.2) is 30.3 Å². The highest BCUT2D eigenvalue weighted by molar-refractivity contribution is 5.69. The van der Waals surface area contributed by atoms with Gasteiger partial charge in [0, 0.05) is 0 Å². The van der Waals surface area contributed by atoms with Gasteiger partial charge < -0.3 is 52.1 Å². The summed E-state index contributed by atoms with van der Waals surface area (Å²) in [6.45, 7) is 9.29. The summed E-state index contributed by atoms with van der Waals surface area (Å²) in [5, 5.41) is 0. The average Bonchev–Trinajstić information content (AvgIpc) is 2.98. The second kappa shape index (κ2) is 30.1. The van der Waals surface area contributed by atoms with Gasteiger partial charge >= 0.3 is 5.97 Å². The first-order valence-corrected chi connectivity index (χ1v) is 13.8. The zero-order valence-electron chi connectivity index (χ0n) is 23.9. The molecule has 1 aromatic carbocycles. The molecule has 0 aliphatic heterocycles. The highest BCUT2D eigenvalue weighted by Crippen LogP contribution is 2.07. The summed E-state index contributed by atoms with van der Waals surface area (Å²) < 4.78 is 58.8. The molecule has 0 saturated carbocycles. The molecule has 0 heterocycles. The first kappa shape index (κ1) is 36.2. The van der Waals surface area contributed by atoms with E-state index in [2.05, 4.69) is 4.74 Å². The summed E-state index contributed by atoms with van der Waals surface area (Å²) in [6, 6.07) is 9.65. The number of hydrogen-bond acceptors (Lipinski definition) is 12. The van der Waals surface area contributed by atoms with Crippen molar-refractivity contribution >= 4 is 5.97 Å². The summed E-state index contributed by atoms with van der Waals surface area (Å²) in [4.78, 5) is 10.9. The number of rotatable bonds is 31. The molecule has 232 valence electrons. The third-order valence-electron chi connectivity index (χ3n) is 4.89. The number of benzene rings is 1. The van der Waals surface area contributed by atoms with Gasteiger partial charge in [0.25, 0.3) is 0 Å². The van der Waals surface area contributed by atoms with Crippen LogP contribution in [-0.2, 0) is 52.2 Å². The Morgan fingerprint density at radius 3 is 1.07 bits per heavy atom. The fourth-order valence-electron chi connectivity index (χ4n) is 2.85. The molecule has 0 radical (unpaired) electrons. The second-order valence-corrected chi connectivity index (χ2v) is 8.00. The molecule has 40 heavy (non-hydrogen) atoms. The number of esters is 1. The van der Waals surface area contributed by atoms with Gasteiger partial charge in [0.05, 0.1) is 132 Å². The Kier molecular flexibility index (Phi) is 27.2. The van der Waals surface area contributed by atoms with Crippen molar-refractivity contribution in [3.05, 3.63) is 30.3 Å². The summed E-state index contributed by atoms with van der Waals surface area (Å²) in [6.07, 6.45) is 0.247. The Morgan fingerprint density at radius 1 is 0.450 bits per heavy atom. The van der Waals surface area contributed by atoms with Crippen molar-refractivity contribution in [2.75, 3.05) is 133 Å². The van der Waals surface area contributed by atoms with Crippen molar-refractivity contribution in [1.82, 2.24) is 0 Å². The lowest BCUT2D eigenvalue weighted by molar-refractivity contribution is -0.141. The van der Waals surface area contributed by atoms with Crippen molar-refractivity contribution in [3.8, 4) is 5.75 Å². The van der Waals surface area contributed by atoms with Gasteiger partial charge in [-0.05, 0) is 12.1 Å². The van der Waals surface area contributed by atoms with E-state index in [0.29, 0.717) is 126 Å². The van der Waals surface area contributed by atoms with E-state index in [-0.39, 0.29) is 12.4 Å². The molecular weight excluding hydrogens is 528 g/mol. The van der Waals surface area contributed by atoms with Gasteiger partial charge in [0.1, 0.15) is 12.4 Å². The van der Waals surface area contributed by atoms with Gasteiger partial charge in [-0.1, -0.05) is 18.2 Å². The van der Waals surface area contributed by atoms with Gasteiger partial charge in [0.15, 0.2) is 0 Å². The first-order valence-electron chi connectivity index (χ1n) is 13.8. The maximum Gasteiger partial charge on any atom is 0.307 e. The predicted octanol–water partition coefficient (Wildman–Crippen LogP) is 1.78. The van der Waals surface area contributed by atoms with E-state index in [9.17, 15) is 4.79 Å². The zero-order chi connectivity index (χ0) is 28.6. The van der Waals surface area contributed by atoms with Crippen LogP contribution in [-0.4, -0.2) is 139 Å². The zero-order valence-corrected chi connectivity index (χ0v) is 23.9. The van der Waals surface area contributed by atoms with Gasteiger partial charge in [-0.25, -0.2) is 0 Å². The average molecular weight is 577 g/mol. The lowest BCUT2D eigenvalue weighted by atomic mass is 10.3. The van der Waals surface area contributed by atoms with E-state index in [1.807, 2.05) is 30.3 Å². The molecule has 12 heteroatoms. The summed E-state index contributed by atoms with van der Waals surface area (Å²) in [5.74, 6) is 0.557. The smallest absolute Gasteiger partial charge is 0.307 e. The van der Waals surface area contributed by atoms with Crippen LogP contribution in [0.4, 0.5) is 0 Å². The molecule has 1 rings (SSSR count). The van der Waals surface area contributed by atoms with Crippen LogP contribution < -0.4 is 4.74 Å². The Morgan fingerprint density at radius 2 is 0.750 bits per heavy atom. The van der Waals surface area contributed by atoms with Crippen LogP contribution in [0.1, 0.15) is 6.42 Å². The molecule has 0 N–H and O–H groups in total. The predicted molar refractivity (Wildman–Crippen MR) is 146 cm³/mol. The van der Waals surface area contributed by atoms with Gasteiger partial charge in [-0.3, -0.25) is 4.79 Å². The van der Waals surface area contributed by atoms with E-state index in [0.717, 1.165) is 5.75 Å². The molecule has 0 amide bonds. The van der Waals surface area contributed by atoms with Crippen LogP contribution in [0, 0.1) is 0 Å². The van der Waals surface area contributed by atoms with E-state index in [1.165, 1.54) is 7.11 Å². The minimum absolute atomic E-state index is 0.247. The van der Waals surface area contributed by atoms with Crippen LogP contribution in [0.2, 0.25) is 0 Å². The van der Waals surface area contributed by atoms with Crippen LogP contribution >= 0.6 is 0 Å². The molecule has 0 aliphatic rings. The van der Waals surface area contributed by atoms with E-state index < -0.39 is 0 Å². The quantitative estimate of drug-likeness (QED) is 0.0947. The minimum Gasteiger partial charge on any atom is -0.491 e. The van der Waals surface area contributed by atoms with Crippen molar-refractivity contribution < 1.29 is 56.9 Å². The van der Waals surface area contributed by atoms with Gasteiger partial charge in [0.2, 0.25) is 0 Å². The summed E-state index contributed by atoms with van der Waals surface area (Å²) in [5.41, 5.74) is 0. The van der Waals surface area contributed by atoms with E-state index in [1.54, 1.807) is 0 Å². The molecule has 0 atom stereocenters. The molecule has 0 spiro atoms. The fraction of sp³-hybridized carbons (Fsp3) is 0.750. The molecular formula is C28H48O12. The minimum atomic E-state index is -0.284. The molecule has 0 aromatic heterocycles. The number of carbonyl (C=O) groups is 1. The monoisotopic (exact) mass is 576 g/mol. The molecule has 0 fully saturated rings. The van der Waals surface area contributed by atoms with Crippen LogP contribution in [0.3, 0.4) is 0 Å². The highest BCUT2D eigenvalue weighted by Gasteiger charge is 1.99. The van der Waals surface area contributed by atoms with Crippen LogP contribution in [0.5, 0.6) is 5.75 Å². The van der Waals surface area contributed by atoms with E-state index in [4.69, 9.17) is 47.4 Å². The maximum absolute atomic E-state index is 10.9. The number of ether oxygens (including phenoxy) is 11. The Labute approximate surface area is 238 Å².